The predicted molar refractivity (Wildman–Crippen MR) is 52.9 cm³/mol. The van der Waals surface area contributed by atoms with Crippen molar-refractivity contribution in [1.82, 2.24) is 0 Å². The molecule has 1 unspecified atom stereocenters. The van der Waals surface area contributed by atoms with Gasteiger partial charge in [-0.1, -0.05) is 17.7 Å². The summed E-state index contributed by atoms with van der Waals surface area (Å²) in [5.41, 5.74) is 11.6. The van der Waals surface area contributed by atoms with Crippen molar-refractivity contribution in [1.29, 1.82) is 0 Å². The Morgan fingerprint density at radius 3 is 2.69 bits per heavy atom. The molecule has 0 fully saturated rings. The van der Waals surface area contributed by atoms with Crippen LogP contribution in [-0.2, 0) is 0 Å². The molecule has 1 aromatic carbocycles. The molecule has 1 rings (SSSR count). The van der Waals surface area contributed by atoms with Crippen LogP contribution in [0.25, 0.3) is 0 Å². The van der Waals surface area contributed by atoms with Crippen LogP contribution >= 0.6 is 11.6 Å². The van der Waals surface area contributed by atoms with Gasteiger partial charge in [0.25, 0.3) is 0 Å². The Labute approximate surface area is 81.0 Å². The Hall–Kier alpha value is -1.06. The molecule has 4 N–H and O–H groups in total. The van der Waals surface area contributed by atoms with Gasteiger partial charge in [0.05, 0.1) is 11.7 Å². The molecule has 0 heterocycles. The van der Waals surface area contributed by atoms with Gasteiger partial charge in [-0.15, -0.1) is 6.58 Å². The average Bonchev–Trinajstić information content (AvgIpc) is 2.10. The second-order valence-electron chi connectivity index (χ2n) is 2.65. The van der Waals surface area contributed by atoms with E-state index >= 15 is 0 Å². The minimum absolute atomic E-state index is 0.0248. The SMILES string of the molecule is C=CC(N)c1cc(Cl)cc(F)c1N. The number of halogens is 2. The lowest BCUT2D eigenvalue weighted by atomic mass is 10.1. The van der Waals surface area contributed by atoms with Gasteiger partial charge >= 0.3 is 0 Å². The van der Waals surface area contributed by atoms with Crippen LogP contribution < -0.4 is 11.5 Å². The molecule has 0 aliphatic carbocycles. The minimum atomic E-state index is -0.556. The minimum Gasteiger partial charge on any atom is -0.396 e. The van der Waals surface area contributed by atoms with E-state index in [1.807, 2.05) is 0 Å². The third-order valence-electron chi connectivity index (χ3n) is 1.74. The zero-order chi connectivity index (χ0) is 10.0. The Balaban J connectivity index is 3.27. The van der Waals surface area contributed by atoms with Crippen molar-refractivity contribution in [3.63, 3.8) is 0 Å². The molecule has 0 aliphatic rings. The van der Waals surface area contributed by atoms with E-state index in [4.69, 9.17) is 23.1 Å². The highest BCUT2D eigenvalue weighted by molar-refractivity contribution is 6.30. The molecule has 4 heteroatoms. The third kappa shape index (κ3) is 1.99. The van der Waals surface area contributed by atoms with Gasteiger partial charge in [-0.05, 0) is 12.1 Å². The Kier molecular flexibility index (Phi) is 2.90. The summed E-state index contributed by atoms with van der Waals surface area (Å²) >= 11 is 5.64. The maximum atomic E-state index is 13.0. The van der Waals surface area contributed by atoms with Gasteiger partial charge in [-0.25, -0.2) is 4.39 Å². The molecule has 1 atom stereocenters. The van der Waals surface area contributed by atoms with E-state index in [0.29, 0.717) is 5.56 Å². The van der Waals surface area contributed by atoms with Crippen LogP contribution in [-0.4, -0.2) is 0 Å². The van der Waals surface area contributed by atoms with Crippen LogP contribution in [0.15, 0.2) is 24.8 Å². The van der Waals surface area contributed by atoms with E-state index in [2.05, 4.69) is 6.58 Å². The number of nitrogen functional groups attached to an aromatic ring is 1. The summed E-state index contributed by atoms with van der Waals surface area (Å²) in [4.78, 5) is 0. The highest BCUT2D eigenvalue weighted by Gasteiger charge is 2.11. The molecule has 0 saturated heterocycles. The molecule has 0 radical (unpaired) electrons. The number of nitrogens with two attached hydrogens (primary N) is 2. The zero-order valence-electron chi connectivity index (χ0n) is 6.93. The first-order valence-electron chi connectivity index (χ1n) is 3.68. The van der Waals surface area contributed by atoms with E-state index in [1.165, 1.54) is 12.1 Å². The summed E-state index contributed by atoms with van der Waals surface area (Å²) in [7, 11) is 0. The highest BCUT2D eigenvalue weighted by Crippen LogP contribution is 2.26. The second kappa shape index (κ2) is 3.77. The molecular formula is C9H10ClFN2. The molecular weight excluding hydrogens is 191 g/mol. The standard InChI is InChI=1S/C9H10ClFN2/c1-2-8(12)6-3-5(10)4-7(11)9(6)13/h2-4,8H,1,12-13H2. The van der Waals surface area contributed by atoms with Gasteiger partial charge in [-0.3, -0.25) is 0 Å². The van der Waals surface area contributed by atoms with Crippen molar-refractivity contribution < 1.29 is 4.39 Å². The van der Waals surface area contributed by atoms with Gasteiger partial charge in [0.15, 0.2) is 0 Å². The first-order valence-corrected chi connectivity index (χ1v) is 4.06. The summed E-state index contributed by atoms with van der Waals surface area (Å²) in [6.07, 6.45) is 1.47. The van der Waals surface area contributed by atoms with E-state index in [1.54, 1.807) is 0 Å². The van der Waals surface area contributed by atoms with E-state index in [0.717, 1.165) is 6.07 Å². The summed E-state index contributed by atoms with van der Waals surface area (Å²) < 4.78 is 13.0. The van der Waals surface area contributed by atoms with Gasteiger partial charge in [0.1, 0.15) is 5.82 Å². The Morgan fingerprint density at radius 1 is 1.54 bits per heavy atom. The van der Waals surface area contributed by atoms with Crippen molar-refractivity contribution >= 4 is 17.3 Å². The molecule has 0 aliphatic heterocycles. The molecule has 70 valence electrons. The topological polar surface area (TPSA) is 52.0 Å². The van der Waals surface area contributed by atoms with Crippen molar-refractivity contribution in [3.8, 4) is 0 Å². The third-order valence-corrected chi connectivity index (χ3v) is 1.96. The van der Waals surface area contributed by atoms with Crippen molar-refractivity contribution in [2.45, 2.75) is 6.04 Å². The maximum absolute atomic E-state index is 13.0. The van der Waals surface area contributed by atoms with Crippen molar-refractivity contribution in [3.05, 3.63) is 41.2 Å². The molecule has 0 aromatic heterocycles. The van der Waals surface area contributed by atoms with Gasteiger partial charge in [-0.2, -0.15) is 0 Å². The van der Waals surface area contributed by atoms with Crippen LogP contribution in [0.3, 0.4) is 0 Å². The van der Waals surface area contributed by atoms with Crippen LogP contribution in [0.2, 0.25) is 5.02 Å². The summed E-state index contributed by atoms with van der Waals surface area (Å²) in [5, 5.41) is 0.277. The predicted octanol–water partition coefficient (Wildman–Crippen LogP) is 2.25. The van der Waals surface area contributed by atoms with Gasteiger partial charge < -0.3 is 11.5 Å². The molecule has 0 saturated carbocycles. The number of hydrogen-bond donors (Lipinski definition) is 2. The lowest BCUT2D eigenvalue weighted by molar-refractivity contribution is 0.629. The average molecular weight is 201 g/mol. The summed E-state index contributed by atoms with van der Waals surface area (Å²) in [6.45, 7) is 3.49. The first kappa shape index (κ1) is 10.0. The molecule has 1 aromatic rings. The summed E-state index contributed by atoms with van der Waals surface area (Å²) in [5.74, 6) is -0.556. The number of benzene rings is 1. The quantitative estimate of drug-likeness (QED) is 0.568. The smallest absolute Gasteiger partial charge is 0.147 e. The van der Waals surface area contributed by atoms with Crippen LogP contribution in [0, 0.1) is 5.82 Å². The Bertz CT molecular complexity index is 339. The largest absolute Gasteiger partial charge is 0.396 e. The van der Waals surface area contributed by atoms with E-state index < -0.39 is 11.9 Å². The van der Waals surface area contributed by atoms with Crippen molar-refractivity contribution in [2.75, 3.05) is 5.73 Å². The normalized spacial score (nSPS) is 12.5. The lowest BCUT2D eigenvalue weighted by Crippen LogP contribution is -2.10. The fourth-order valence-electron chi connectivity index (χ4n) is 1.01. The lowest BCUT2D eigenvalue weighted by Gasteiger charge is -2.11. The van der Waals surface area contributed by atoms with Crippen LogP contribution in [0.4, 0.5) is 10.1 Å². The van der Waals surface area contributed by atoms with Gasteiger partial charge in [0, 0.05) is 10.6 Å². The second-order valence-corrected chi connectivity index (χ2v) is 3.09. The number of anilines is 1. The highest BCUT2D eigenvalue weighted by atomic mass is 35.5. The Morgan fingerprint density at radius 2 is 2.15 bits per heavy atom. The molecule has 0 bridgehead atoms. The molecule has 13 heavy (non-hydrogen) atoms. The first-order chi connectivity index (χ1) is 6.06. The van der Waals surface area contributed by atoms with Crippen LogP contribution in [0.5, 0.6) is 0 Å². The van der Waals surface area contributed by atoms with Crippen molar-refractivity contribution in [2.24, 2.45) is 5.73 Å². The zero-order valence-corrected chi connectivity index (χ0v) is 7.68. The number of hydrogen-bond acceptors (Lipinski definition) is 2. The fraction of sp³-hybridized carbons (Fsp3) is 0.111. The molecule has 0 spiro atoms. The maximum Gasteiger partial charge on any atom is 0.147 e. The molecule has 2 nitrogen and oxygen atoms in total. The van der Waals surface area contributed by atoms with Crippen LogP contribution in [0.1, 0.15) is 11.6 Å². The fourth-order valence-corrected chi connectivity index (χ4v) is 1.22. The van der Waals surface area contributed by atoms with Gasteiger partial charge in [0.2, 0.25) is 0 Å². The summed E-state index contributed by atoms with van der Waals surface area (Å²) in [6, 6.07) is 2.19. The van der Waals surface area contributed by atoms with E-state index in [-0.39, 0.29) is 10.7 Å². The van der Waals surface area contributed by atoms with E-state index in [9.17, 15) is 4.39 Å². The molecule has 0 amide bonds. The monoisotopic (exact) mass is 200 g/mol. The number of rotatable bonds is 2.